The van der Waals surface area contributed by atoms with Crippen molar-refractivity contribution in [2.45, 2.75) is 6.10 Å². The van der Waals surface area contributed by atoms with Gasteiger partial charge in [-0.2, -0.15) is 0 Å². The molecular formula is C24H28CaO9. The van der Waals surface area contributed by atoms with Crippen molar-refractivity contribution in [2.24, 2.45) is 0 Å². The predicted molar refractivity (Wildman–Crippen MR) is 129 cm³/mol. The molecule has 3 aromatic rings. The standard InChI is InChI=1S/3C7H6O2.C3H8O3.Ca.2H/c3*8-7(9)6-4-2-1-3-5-6;4-1-3(6)2-5;;;/h3*1-5H,(H,8,9);3-6H,1-2H2;;;. The van der Waals surface area contributed by atoms with Crippen LogP contribution in [0.1, 0.15) is 31.1 Å². The number of rotatable bonds is 5. The van der Waals surface area contributed by atoms with E-state index in [-0.39, 0.29) is 51.0 Å². The Bertz CT molecular complexity index is 815. The van der Waals surface area contributed by atoms with Gasteiger partial charge in [0.15, 0.2) is 0 Å². The van der Waals surface area contributed by atoms with Crippen molar-refractivity contribution >= 4 is 55.6 Å². The van der Waals surface area contributed by atoms with Crippen molar-refractivity contribution in [3.63, 3.8) is 0 Å². The third-order valence-electron chi connectivity index (χ3n) is 3.48. The number of hydrogen-bond donors (Lipinski definition) is 6. The van der Waals surface area contributed by atoms with Crippen LogP contribution >= 0.6 is 0 Å². The van der Waals surface area contributed by atoms with Crippen LogP contribution in [-0.2, 0) is 0 Å². The molecule has 0 fully saturated rings. The summed E-state index contributed by atoms with van der Waals surface area (Å²) < 4.78 is 0. The minimum atomic E-state index is -0.954. The van der Waals surface area contributed by atoms with Crippen LogP contribution in [-0.4, -0.2) is 106 Å². The second kappa shape index (κ2) is 20.8. The van der Waals surface area contributed by atoms with Gasteiger partial charge in [0.05, 0.1) is 29.9 Å². The molecule has 0 aliphatic heterocycles. The molecule has 0 aliphatic carbocycles. The zero-order valence-corrected chi connectivity index (χ0v) is 17.6. The Morgan fingerprint density at radius 2 is 0.735 bits per heavy atom. The monoisotopic (exact) mass is 500 g/mol. The van der Waals surface area contributed by atoms with Gasteiger partial charge in [-0.05, 0) is 36.4 Å². The maximum absolute atomic E-state index is 10.2. The molecule has 0 bridgehead atoms. The fraction of sp³-hybridized carbons (Fsp3) is 0.125. The Kier molecular flexibility index (Phi) is 20.4. The van der Waals surface area contributed by atoms with Crippen molar-refractivity contribution in [1.82, 2.24) is 0 Å². The van der Waals surface area contributed by atoms with Crippen molar-refractivity contribution in [3.8, 4) is 0 Å². The van der Waals surface area contributed by atoms with Crippen LogP contribution < -0.4 is 0 Å². The van der Waals surface area contributed by atoms with E-state index in [2.05, 4.69) is 0 Å². The summed E-state index contributed by atoms with van der Waals surface area (Å²) in [4.78, 5) is 30.6. The van der Waals surface area contributed by atoms with Gasteiger partial charge in [0.2, 0.25) is 0 Å². The van der Waals surface area contributed by atoms with E-state index in [1.807, 2.05) is 0 Å². The summed E-state index contributed by atoms with van der Waals surface area (Å²) in [5.41, 5.74) is 0.993. The van der Waals surface area contributed by atoms with Gasteiger partial charge >= 0.3 is 55.6 Å². The molecule has 0 saturated carbocycles. The fourth-order valence-corrected chi connectivity index (χ4v) is 1.80. The number of aliphatic hydroxyl groups is 3. The van der Waals surface area contributed by atoms with Crippen LogP contribution in [0.2, 0.25) is 0 Å². The van der Waals surface area contributed by atoms with Crippen LogP contribution in [0, 0.1) is 0 Å². The number of aromatic carboxylic acids is 3. The van der Waals surface area contributed by atoms with Gasteiger partial charge in [-0.25, -0.2) is 14.4 Å². The molecule has 9 nitrogen and oxygen atoms in total. The Morgan fingerprint density at radius 1 is 0.529 bits per heavy atom. The first-order chi connectivity index (χ1) is 15.7. The van der Waals surface area contributed by atoms with E-state index in [9.17, 15) is 14.4 Å². The molecule has 3 aromatic carbocycles. The molecule has 0 heterocycles. The van der Waals surface area contributed by atoms with Crippen molar-refractivity contribution in [1.29, 1.82) is 0 Å². The second-order valence-electron chi connectivity index (χ2n) is 6.03. The summed E-state index contributed by atoms with van der Waals surface area (Å²) in [6, 6.07) is 24.9. The third-order valence-corrected chi connectivity index (χ3v) is 3.48. The Balaban J connectivity index is 0. The van der Waals surface area contributed by atoms with Gasteiger partial charge < -0.3 is 30.6 Å². The average molecular weight is 501 g/mol. The zero-order valence-electron chi connectivity index (χ0n) is 17.6. The number of carbonyl (C=O) groups is 3. The molecule has 34 heavy (non-hydrogen) atoms. The van der Waals surface area contributed by atoms with Crippen molar-refractivity contribution in [3.05, 3.63) is 108 Å². The molecule has 0 spiro atoms. The predicted octanol–water partition coefficient (Wildman–Crippen LogP) is 1.57. The second-order valence-corrected chi connectivity index (χ2v) is 6.03. The average Bonchev–Trinajstić information content (AvgIpc) is 2.86. The van der Waals surface area contributed by atoms with E-state index >= 15 is 0 Å². The van der Waals surface area contributed by atoms with Gasteiger partial charge in [0.1, 0.15) is 6.10 Å². The van der Waals surface area contributed by atoms with E-state index in [4.69, 9.17) is 30.6 Å². The quantitative estimate of drug-likeness (QED) is 0.284. The SMILES string of the molecule is O=C(O)c1ccccc1.O=C(O)c1ccccc1.O=C(O)c1ccccc1.OCC(O)CO.[CaH2]. The molecule has 3 rings (SSSR count). The Hall–Kier alpha value is -2.79. The minimum absolute atomic E-state index is 0. The molecule has 0 saturated heterocycles. The van der Waals surface area contributed by atoms with Crippen molar-refractivity contribution in [2.75, 3.05) is 13.2 Å². The van der Waals surface area contributed by atoms with Gasteiger partial charge in [-0.1, -0.05) is 54.6 Å². The van der Waals surface area contributed by atoms with Crippen LogP contribution in [0.3, 0.4) is 0 Å². The van der Waals surface area contributed by atoms with Crippen molar-refractivity contribution < 1.29 is 45.0 Å². The summed E-state index contributed by atoms with van der Waals surface area (Å²) in [5, 5.41) is 49.2. The van der Waals surface area contributed by atoms with E-state index in [1.54, 1.807) is 91.0 Å². The first-order valence-electron chi connectivity index (χ1n) is 9.47. The Morgan fingerprint density at radius 3 is 0.824 bits per heavy atom. The van der Waals surface area contributed by atoms with E-state index in [0.717, 1.165) is 0 Å². The van der Waals surface area contributed by atoms with Crippen LogP contribution in [0.25, 0.3) is 0 Å². The van der Waals surface area contributed by atoms with E-state index < -0.39 is 24.0 Å². The molecule has 0 radical (unpaired) electrons. The Labute approximate surface area is 226 Å². The number of carboxylic acid groups (broad SMARTS) is 3. The molecule has 0 aromatic heterocycles. The first-order valence-corrected chi connectivity index (χ1v) is 9.47. The topological polar surface area (TPSA) is 173 Å². The summed E-state index contributed by atoms with van der Waals surface area (Å²) in [7, 11) is 0. The molecule has 180 valence electrons. The van der Waals surface area contributed by atoms with Gasteiger partial charge in [0, 0.05) is 0 Å². The fourth-order valence-electron chi connectivity index (χ4n) is 1.80. The van der Waals surface area contributed by atoms with Crippen LogP contribution in [0.4, 0.5) is 0 Å². The van der Waals surface area contributed by atoms with E-state index in [1.165, 1.54) is 0 Å². The molecular weight excluding hydrogens is 472 g/mol. The van der Waals surface area contributed by atoms with Crippen LogP contribution in [0.15, 0.2) is 91.0 Å². The van der Waals surface area contributed by atoms with Gasteiger partial charge in [-0.3, -0.25) is 0 Å². The number of aliphatic hydroxyl groups excluding tert-OH is 3. The molecule has 0 amide bonds. The molecule has 0 aliphatic rings. The van der Waals surface area contributed by atoms with Gasteiger partial charge in [0.25, 0.3) is 0 Å². The zero-order chi connectivity index (χ0) is 25.1. The number of carboxylic acids is 3. The number of benzene rings is 3. The maximum atomic E-state index is 10.2. The summed E-state index contributed by atoms with van der Waals surface area (Å²) in [5.74, 6) is -2.64. The molecule has 0 atom stereocenters. The van der Waals surface area contributed by atoms with Gasteiger partial charge in [-0.15, -0.1) is 0 Å². The number of hydrogen-bond acceptors (Lipinski definition) is 6. The molecule has 6 N–H and O–H groups in total. The first kappa shape index (κ1) is 33.4. The molecule has 0 unspecified atom stereocenters. The summed E-state index contributed by atoms with van der Waals surface area (Å²) in [6.07, 6.45) is -0.954. The molecule has 10 heteroatoms. The summed E-state index contributed by atoms with van der Waals surface area (Å²) >= 11 is 0. The van der Waals surface area contributed by atoms with E-state index in [0.29, 0.717) is 16.7 Å². The normalized spacial score (nSPS) is 8.82. The third kappa shape index (κ3) is 16.8. The summed E-state index contributed by atoms with van der Waals surface area (Å²) in [6.45, 7) is -0.729. The van der Waals surface area contributed by atoms with Crippen LogP contribution in [0.5, 0.6) is 0 Å².